The molecule has 0 saturated carbocycles. The normalized spacial score (nSPS) is 11.5. The Bertz CT molecular complexity index is 991. The molecule has 3 aromatic rings. The van der Waals surface area contributed by atoms with Crippen LogP contribution in [0.1, 0.15) is 39.3 Å². The van der Waals surface area contributed by atoms with E-state index < -0.39 is 11.7 Å². The molecule has 0 saturated heterocycles. The van der Waals surface area contributed by atoms with Gasteiger partial charge in [0.15, 0.2) is 0 Å². The SMILES string of the molecule is Cc1cc(C(=O)NCCCc2ccccc2)c(C)n1-c1ccccc1C(F)(F)F. The number of carbonyl (C=O) groups is 1. The molecule has 152 valence electrons. The molecule has 0 aliphatic rings. The molecule has 1 aromatic heterocycles. The monoisotopic (exact) mass is 400 g/mol. The highest BCUT2D eigenvalue weighted by Gasteiger charge is 2.34. The molecule has 1 N–H and O–H groups in total. The van der Waals surface area contributed by atoms with Crippen molar-refractivity contribution in [3.63, 3.8) is 0 Å². The van der Waals surface area contributed by atoms with Crippen LogP contribution in [-0.2, 0) is 12.6 Å². The number of benzene rings is 2. The van der Waals surface area contributed by atoms with E-state index in [0.717, 1.165) is 18.9 Å². The van der Waals surface area contributed by atoms with E-state index in [4.69, 9.17) is 0 Å². The third-order valence-electron chi connectivity index (χ3n) is 4.90. The molecule has 2 aromatic carbocycles. The van der Waals surface area contributed by atoms with E-state index in [-0.39, 0.29) is 11.6 Å². The molecular weight excluding hydrogens is 377 g/mol. The second kappa shape index (κ2) is 8.55. The van der Waals surface area contributed by atoms with Crippen LogP contribution in [0.3, 0.4) is 0 Å². The zero-order valence-electron chi connectivity index (χ0n) is 16.4. The summed E-state index contributed by atoms with van der Waals surface area (Å²) in [6.07, 6.45) is -2.84. The van der Waals surface area contributed by atoms with Crippen LogP contribution in [0.4, 0.5) is 13.2 Å². The van der Waals surface area contributed by atoms with Gasteiger partial charge in [-0.2, -0.15) is 13.2 Å². The van der Waals surface area contributed by atoms with Crippen molar-refractivity contribution in [3.05, 3.63) is 88.7 Å². The zero-order chi connectivity index (χ0) is 21.0. The maximum atomic E-state index is 13.4. The predicted octanol–water partition coefficient (Wildman–Crippen LogP) is 5.48. The molecular formula is C23H23F3N2O. The molecule has 0 fully saturated rings. The first-order valence-corrected chi connectivity index (χ1v) is 9.46. The van der Waals surface area contributed by atoms with Gasteiger partial charge in [-0.15, -0.1) is 0 Å². The van der Waals surface area contributed by atoms with Crippen molar-refractivity contribution in [1.82, 2.24) is 9.88 Å². The smallest absolute Gasteiger partial charge is 0.352 e. The van der Waals surface area contributed by atoms with Gasteiger partial charge >= 0.3 is 6.18 Å². The number of rotatable bonds is 6. The Kier molecular flexibility index (Phi) is 6.11. The number of amides is 1. The quantitative estimate of drug-likeness (QED) is 0.547. The van der Waals surface area contributed by atoms with Crippen molar-refractivity contribution < 1.29 is 18.0 Å². The summed E-state index contributed by atoms with van der Waals surface area (Å²) in [5.74, 6) is -0.276. The average Bonchev–Trinajstić information content (AvgIpc) is 2.99. The van der Waals surface area contributed by atoms with Crippen LogP contribution in [0.5, 0.6) is 0 Å². The summed E-state index contributed by atoms with van der Waals surface area (Å²) in [6, 6.07) is 17.0. The van der Waals surface area contributed by atoms with E-state index in [9.17, 15) is 18.0 Å². The van der Waals surface area contributed by atoms with Crippen LogP contribution in [0, 0.1) is 13.8 Å². The van der Waals surface area contributed by atoms with Gasteiger partial charge in [0.05, 0.1) is 16.8 Å². The van der Waals surface area contributed by atoms with Gasteiger partial charge in [-0.3, -0.25) is 4.79 Å². The Morgan fingerprint density at radius 3 is 2.34 bits per heavy atom. The van der Waals surface area contributed by atoms with Gasteiger partial charge < -0.3 is 9.88 Å². The molecule has 29 heavy (non-hydrogen) atoms. The lowest BCUT2D eigenvalue weighted by Gasteiger charge is -2.16. The number of hydrogen-bond acceptors (Lipinski definition) is 1. The molecule has 0 radical (unpaired) electrons. The largest absolute Gasteiger partial charge is 0.418 e. The fourth-order valence-electron chi connectivity index (χ4n) is 3.51. The number of halogens is 3. The van der Waals surface area contributed by atoms with E-state index >= 15 is 0 Å². The summed E-state index contributed by atoms with van der Waals surface area (Å²) in [5, 5.41) is 2.87. The molecule has 0 aliphatic carbocycles. The van der Waals surface area contributed by atoms with Crippen molar-refractivity contribution in [2.45, 2.75) is 32.9 Å². The number of hydrogen-bond donors (Lipinski definition) is 1. The van der Waals surface area contributed by atoms with Crippen LogP contribution in [0.25, 0.3) is 5.69 Å². The molecule has 1 amide bonds. The van der Waals surface area contributed by atoms with E-state index in [2.05, 4.69) is 5.32 Å². The van der Waals surface area contributed by atoms with Gasteiger partial charge in [-0.1, -0.05) is 42.5 Å². The number of nitrogens with one attached hydrogen (secondary N) is 1. The maximum Gasteiger partial charge on any atom is 0.418 e. The molecule has 0 unspecified atom stereocenters. The molecule has 0 atom stereocenters. The zero-order valence-corrected chi connectivity index (χ0v) is 16.4. The highest BCUT2D eigenvalue weighted by atomic mass is 19.4. The first-order valence-electron chi connectivity index (χ1n) is 9.46. The van der Waals surface area contributed by atoms with Gasteiger partial charge in [-0.25, -0.2) is 0 Å². The van der Waals surface area contributed by atoms with Crippen molar-refractivity contribution in [1.29, 1.82) is 0 Å². The van der Waals surface area contributed by atoms with E-state index in [0.29, 0.717) is 23.5 Å². The minimum Gasteiger partial charge on any atom is -0.352 e. The number of alkyl halides is 3. The standard InChI is InChI=1S/C23H23F3N2O/c1-16-15-19(22(29)27-14-8-11-18-9-4-3-5-10-18)17(2)28(16)21-13-7-6-12-20(21)23(24,25)26/h3-7,9-10,12-13,15H,8,11,14H2,1-2H3,(H,27,29). The van der Waals surface area contributed by atoms with Crippen LogP contribution in [0.15, 0.2) is 60.7 Å². The Hall–Kier alpha value is -3.02. The number of aryl methyl sites for hydroxylation is 2. The summed E-state index contributed by atoms with van der Waals surface area (Å²) in [5.41, 5.74) is 1.95. The summed E-state index contributed by atoms with van der Waals surface area (Å²) < 4.78 is 41.7. The summed E-state index contributed by atoms with van der Waals surface area (Å²) in [7, 11) is 0. The third kappa shape index (κ3) is 4.70. The van der Waals surface area contributed by atoms with Gasteiger partial charge in [0.2, 0.25) is 0 Å². The Balaban J connectivity index is 1.75. The van der Waals surface area contributed by atoms with E-state index in [1.54, 1.807) is 26.0 Å². The minimum absolute atomic E-state index is 0.0260. The van der Waals surface area contributed by atoms with Crippen LogP contribution in [-0.4, -0.2) is 17.0 Å². The molecule has 6 heteroatoms. The molecule has 3 rings (SSSR count). The molecule has 0 aliphatic heterocycles. The van der Waals surface area contributed by atoms with E-state index in [1.807, 2.05) is 30.3 Å². The Morgan fingerprint density at radius 1 is 1.00 bits per heavy atom. The second-order valence-corrected chi connectivity index (χ2v) is 6.98. The lowest BCUT2D eigenvalue weighted by atomic mass is 10.1. The number of carbonyl (C=O) groups excluding carboxylic acids is 1. The molecule has 3 nitrogen and oxygen atoms in total. The second-order valence-electron chi connectivity index (χ2n) is 6.98. The highest BCUT2D eigenvalue weighted by molar-refractivity contribution is 5.95. The topological polar surface area (TPSA) is 34.0 Å². The lowest BCUT2D eigenvalue weighted by molar-refractivity contribution is -0.137. The van der Waals surface area contributed by atoms with Gasteiger partial charge in [0, 0.05) is 17.9 Å². The van der Waals surface area contributed by atoms with Gasteiger partial charge in [0.1, 0.15) is 0 Å². The van der Waals surface area contributed by atoms with Crippen molar-refractivity contribution in [2.75, 3.05) is 6.54 Å². The molecule has 0 bridgehead atoms. The third-order valence-corrected chi connectivity index (χ3v) is 4.90. The molecule has 1 heterocycles. The minimum atomic E-state index is -4.47. The first-order chi connectivity index (χ1) is 13.8. The van der Waals surface area contributed by atoms with Crippen LogP contribution in [0.2, 0.25) is 0 Å². The van der Waals surface area contributed by atoms with Crippen molar-refractivity contribution in [3.8, 4) is 5.69 Å². The number of nitrogens with zero attached hydrogens (tertiary/aromatic N) is 1. The number of para-hydroxylation sites is 1. The summed E-state index contributed by atoms with van der Waals surface area (Å²) >= 11 is 0. The Labute approximate surface area is 168 Å². The fourth-order valence-corrected chi connectivity index (χ4v) is 3.51. The molecule has 0 spiro atoms. The number of aromatic nitrogens is 1. The highest BCUT2D eigenvalue weighted by Crippen LogP contribution is 2.35. The summed E-state index contributed by atoms with van der Waals surface area (Å²) in [4.78, 5) is 12.6. The predicted molar refractivity (Wildman–Crippen MR) is 107 cm³/mol. The van der Waals surface area contributed by atoms with Crippen molar-refractivity contribution >= 4 is 5.91 Å². The summed E-state index contributed by atoms with van der Waals surface area (Å²) in [6.45, 7) is 3.86. The fraction of sp³-hybridized carbons (Fsp3) is 0.261. The lowest BCUT2D eigenvalue weighted by Crippen LogP contribution is -2.25. The average molecular weight is 400 g/mol. The van der Waals surface area contributed by atoms with E-state index in [1.165, 1.54) is 22.3 Å². The maximum absolute atomic E-state index is 13.4. The van der Waals surface area contributed by atoms with Crippen molar-refractivity contribution in [2.24, 2.45) is 0 Å². The van der Waals surface area contributed by atoms with Gasteiger partial charge in [-0.05, 0) is 50.5 Å². The van der Waals surface area contributed by atoms with Crippen LogP contribution >= 0.6 is 0 Å². The van der Waals surface area contributed by atoms with Gasteiger partial charge in [0.25, 0.3) is 5.91 Å². The Morgan fingerprint density at radius 2 is 1.66 bits per heavy atom. The van der Waals surface area contributed by atoms with Crippen LogP contribution < -0.4 is 5.32 Å². The first kappa shape index (κ1) is 20.7.